The van der Waals surface area contributed by atoms with Gasteiger partial charge in [0.1, 0.15) is 5.75 Å². The smallest absolute Gasteiger partial charge is 0.123 e. The molecule has 0 aromatic heterocycles. The van der Waals surface area contributed by atoms with Crippen molar-refractivity contribution in [2.24, 2.45) is 0 Å². The minimum Gasteiger partial charge on any atom is -0.474 e. The van der Waals surface area contributed by atoms with Gasteiger partial charge in [-0.2, -0.15) is 0 Å². The van der Waals surface area contributed by atoms with Gasteiger partial charge < -0.3 is 9.63 Å². The Morgan fingerprint density at radius 3 is 2.56 bits per heavy atom. The van der Waals surface area contributed by atoms with Crippen molar-refractivity contribution >= 4 is 8.15 Å². The molecule has 2 unspecified atom stereocenters. The lowest BCUT2D eigenvalue weighted by molar-refractivity contribution is 0.217. The zero-order valence-electron chi connectivity index (χ0n) is 10.1. The molecule has 1 rings (SSSR count). The first-order chi connectivity index (χ1) is 7.72. The number of rotatable bonds is 7. The van der Waals surface area contributed by atoms with Crippen LogP contribution in [0.5, 0.6) is 5.75 Å². The minimum absolute atomic E-state index is 0.272. The first-order valence-corrected chi connectivity index (χ1v) is 7.51. The van der Waals surface area contributed by atoms with E-state index in [0.29, 0.717) is 0 Å². The predicted octanol–water partition coefficient (Wildman–Crippen LogP) is 3.64. The summed E-state index contributed by atoms with van der Waals surface area (Å²) >= 11 is 0. The Morgan fingerprint density at radius 2 is 2.00 bits per heavy atom. The lowest BCUT2D eigenvalue weighted by atomic mass is 10.3. The molecule has 0 aliphatic carbocycles. The maximum Gasteiger partial charge on any atom is 0.123 e. The van der Waals surface area contributed by atoms with E-state index >= 15 is 0 Å². The summed E-state index contributed by atoms with van der Waals surface area (Å²) in [5.74, 6) is 0.922. The second kappa shape index (κ2) is 7.65. The van der Waals surface area contributed by atoms with E-state index in [4.69, 9.17) is 4.52 Å². The van der Waals surface area contributed by atoms with Crippen LogP contribution in [0, 0.1) is 0 Å². The van der Waals surface area contributed by atoms with Crippen LogP contribution in [0.3, 0.4) is 0 Å². The molecule has 1 N–H and O–H groups in total. The summed E-state index contributed by atoms with van der Waals surface area (Å²) in [5.41, 5.74) is 0. The third-order valence-electron chi connectivity index (χ3n) is 2.21. The highest BCUT2D eigenvalue weighted by Gasteiger charge is 2.13. The van der Waals surface area contributed by atoms with E-state index in [2.05, 4.69) is 6.92 Å². The van der Waals surface area contributed by atoms with E-state index in [0.717, 1.165) is 18.1 Å². The molecule has 3 heteroatoms. The minimum atomic E-state index is -0.532. The van der Waals surface area contributed by atoms with Crippen molar-refractivity contribution in [3.63, 3.8) is 0 Å². The van der Waals surface area contributed by atoms with Crippen molar-refractivity contribution in [1.82, 2.24) is 0 Å². The van der Waals surface area contributed by atoms with Crippen molar-refractivity contribution in [2.75, 3.05) is 12.3 Å². The third-order valence-corrected chi connectivity index (χ3v) is 4.43. The van der Waals surface area contributed by atoms with E-state index in [1.807, 2.05) is 37.3 Å². The molecule has 0 fully saturated rings. The van der Waals surface area contributed by atoms with Gasteiger partial charge in [0.25, 0.3) is 0 Å². The maximum absolute atomic E-state index is 9.44. The lowest BCUT2D eigenvalue weighted by Gasteiger charge is -2.19. The van der Waals surface area contributed by atoms with Crippen molar-refractivity contribution in [2.45, 2.75) is 32.8 Å². The van der Waals surface area contributed by atoms with Gasteiger partial charge in [0, 0.05) is 12.3 Å². The van der Waals surface area contributed by atoms with Gasteiger partial charge in [0.2, 0.25) is 0 Å². The van der Waals surface area contributed by atoms with Crippen molar-refractivity contribution in [3.8, 4) is 5.75 Å². The predicted molar refractivity (Wildman–Crippen MR) is 70.3 cm³/mol. The van der Waals surface area contributed by atoms with E-state index in [1.165, 1.54) is 12.8 Å². The standard InChI is InChI=1S/C13H21O2P/c1-3-4-10-16(11-12(2)14)15-13-8-6-5-7-9-13/h5-9,12,14H,3-4,10-11H2,1-2H3. The van der Waals surface area contributed by atoms with Gasteiger partial charge in [-0.1, -0.05) is 31.5 Å². The largest absolute Gasteiger partial charge is 0.474 e. The molecular weight excluding hydrogens is 219 g/mol. The van der Waals surface area contributed by atoms with E-state index in [-0.39, 0.29) is 6.10 Å². The van der Waals surface area contributed by atoms with Gasteiger partial charge in [0.05, 0.1) is 14.3 Å². The van der Waals surface area contributed by atoms with Gasteiger partial charge in [-0.15, -0.1) is 0 Å². The topological polar surface area (TPSA) is 29.5 Å². The molecular formula is C13H21O2P. The van der Waals surface area contributed by atoms with Crippen LogP contribution in [0.2, 0.25) is 0 Å². The first-order valence-electron chi connectivity index (χ1n) is 5.88. The average Bonchev–Trinajstić information content (AvgIpc) is 2.26. The highest BCUT2D eigenvalue weighted by Crippen LogP contribution is 2.39. The Hall–Kier alpha value is -0.590. The Kier molecular flexibility index (Phi) is 6.44. The van der Waals surface area contributed by atoms with Gasteiger partial charge in [-0.05, 0) is 25.5 Å². The number of hydrogen-bond donors (Lipinski definition) is 1. The molecule has 90 valence electrons. The molecule has 0 spiro atoms. The fourth-order valence-corrected chi connectivity index (χ4v) is 3.46. The molecule has 16 heavy (non-hydrogen) atoms. The number of hydrogen-bond acceptors (Lipinski definition) is 2. The fourth-order valence-electron chi connectivity index (χ4n) is 1.43. The molecule has 0 saturated carbocycles. The highest BCUT2D eigenvalue weighted by molar-refractivity contribution is 7.53. The van der Waals surface area contributed by atoms with Gasteiger partial charge in [-0.3, -0.25) is 0 Å². The van der Waals surface area contributed by atoms with Gasteiger partial charge in [0.15, 0.2) is 0 Å². The van der Waals surface area contributed by atoms with Crippen molar-refractivity contribution < 1.29 is 9.63 Å². The number of aliphatic hydroxyl groups is 1. The van der Waals surface area contributed by atoms with Crippen molar-refractivity contribution in [3.05, 3.63) is 30.3 Å². The van der Waals surface area contributed by atoms with Crippen LogP contribution >= 0.6 is 8.15 Å². The SMILES string of the molecule is CCCCP(CC(C)O)Oc1ccccc1. The quantitative estimate of drug-likeness (QED) is 0.737. The van der Waals surface area contributed by atoms with Crippen LogP contribution in [-0.2, 0) is 0 Å². The number of unbranched alkanes of at least 4 members (excludes halogenated alkanes) is 1. The lowest BCUT2D eigenvalue weighted by Crippen LogP contribution is -2.09. The molecule has 0 aliphatic heterocycles. The van der Waals surface area contributed by atoms with Crippen LogP contribution in [0.1, 0.15) is 26.7 Å². The molecule has 0 saturated heterocycles. The summed E-state index contributed by atoms with van der Waals surface area (Å²) in [4.78, 5) is 0. The number of benzene rings is 1. The molecule has 1 aromatic rings. The summed E-state index contributed by atoms with van der Waals surface area (Å²) in [6.07, 6.45) is 3.92. The Bertz CT molecular complexity index is 275. The zero-order valence-corrected chi connectivity index (χ0v) is 11.0. The average molecular weight is 240 g/mol. The Balaban J connectivity index is 2.49. The van der Waals surface area contributed by atoms with Gasteiger partial charge >= 0.3 is 0 Å². The summed E-state index contributed by atoms with van der Waals surface area (Å²) in [6.45, 7) is 4.01. The third kappa shape index (κ3) is 5.48. The van der Waals surface area contributed by atoms with E-state index in [1.54, 1.807) is 0 Å². The van der Waals surface area contributed by atoms with E-state index in [9.17, 15) is 5.11 Å². The number of aliphatic hydroxyl groups excluding tert-OH is 1. The summed E-state index contributed by atoms with van der Waals surface area (Å²) in [7, 11) is -0.532. The molecule has 0 radical (unpaired) electrons. The fraction of sp³-hybridized carbons (Fsp3) is 0.538. The number of para-hydroxylation sites is 1. The molecule has 2 nitrogen and oxygen atoms in total. The monoisotopic (exact) mass is 240 g/mol. The maximum atomic E-state index is 9.44. The summed E-state index contributed by atoms with van der Waals surface area (Å²) in [5, 5.41) is 9.44. The molecule has 0 aliphatic rings. The second-order valence-electron chi connectivity index (χ2n) is 3.99. The summed E-state index contributed by atoms with van der Waals surface area (Å²) < 4.78 is 5.93. The van der Waals surface area contributed by atoms with Crippen LogP contribution < -0.4 is 4.52 Å². The van der Waals surface area contributed by atoms with Gasteiger partial charge in [-0.25, -0.2) is 0 Å². The molecule has 0 bridgehead atoms. The van der Waals surface area contributed by atoms with Crippen molar-refractivity contribution in [1.29, 1.82) is 0 Å². The van der Waals surface area contributed by atoms with Crippen LogP contribution in [0.4, 0.5) is 0 Å². The van der Waals surface area contributed by atoms with Crippen LogP contribution in [0.25, 0.3) is 0 Å². The Labute approximate surface area is 99.5 Å². The molecule has 0 heterocycles. The summed E-state index contributed by atoms with van der Waals surface area (Å²) in [6, 6.07) is 9.89. The first kappa shape index (κ1) is 13.5. The van der Waals surface area contributed by atoms with Crippen LogP contribution in [-0.4, -0.2) is 23.5 Å². The van der Waals surface area contributed by atoms with Crippen LogP contribution in [0.15, 0.2) is 30.3 Å². The second-order valence-corrected chi connectivity index (χ2v) is 5.95. The Morgan fingerprint density at radius 1 is 1.31 bits per heavy atom. The normalized spacial score (nSPS) is 14.4. The van der Waals surface area contributed by atoms with E-state index < -0.39 is 8.15 Å². The molecule has 2 atom stereocenters. The molecule has 0 amide bonds. The zero-order chi connectivity index (χ0) is 11.8. The molecule has 1 aromatic carbocycles. The highest BCUT2D eigenvalue weighted by atomic mass is 31.1.